The molecule has 0 spiro atoms. The van der Waals surface area contributed by atoms with Gasteiger partial charge >= 0.3 is 0 Å². The molecule has 1 heteroatoms. The predicted molar refractivity (Wildman–Crippen MR) is 82.2 cm³/mol. The highest BCUT2D eigenvalue weighted by atomic mass is 16.5. The Bertz CT molecular complexity index is 520. The van der Waals surface area contributed by atoms with E-state index >= 15 is 0 Å². The van der Waals surface area contributed by atoms with E-state index in [9.17, 15) is 0 Å². The summed E-state index contributed by atoms with van der Waals surface area (Å²) in [6.07, 6.45) is 9.91. The van der Waals surface area contributed by atoms with Crippen LogP contribution in [-0.4, -0.2) is 7.11 Å². The zero-order valence-electron chi connectivity index (χ0n) is 12.8. The van der Waals surface area contributed by atoms with E-state index in [4.69, 9.17) is 4.74 Å². The minimum atomic E-state index is 0.498. The van der Waals surface area contributed by atoms with Crippen molar-refractivity contribution in [3.63, 3.8) is 0 Å². The van der Waals surface area contributed by atoms with Crippen LogP contribution in [0.5, 0.6) is 5.75 Å². The van der Waals surface area contributed by atoms with Crippen molar-refractivity contribution >= 4 is 0 Å². The van der Waals surface area contributed by atoms with Crippen molar-refractivity contribution in [2.45, 2.75) is 57.3 Å². The van der Waals surface area contributed by atoms with Crippen molar-refractivity contribution in [3.8, 4) is 5.75 Å². The molecule has 1 unspecified atom stereocenters. The molecule has 2 saturated carbocycles. The van der Waals surface area contributed by atoms with Gasteiger partial charge in [-0.05, 0) is 78.5 Å². The highest BCUT2D eigenvalue weighted by molar-refractivity contribution is 5.45. The number of rotatable bonds is 1. The lowest BCUT2D eigenvalue weighted by atomic mass is 9.47. The van der Waals surface area contributed by atoms with Gasteiger partial charge in [-0.1, -0.05) is 25.8 Å². The molecule has 0 aromatic heterocycles. The van der Waals surface area contributed by atoms with Gasteiger partial charge in [0.2, 0.25) is 0 Å². The molecule has 0 heterocycles. The molecule has 4 rings (SSSR count). The minimum absolute atomic E-state index is 0.498. The maximum atomic E-state index is 5.52. The zero-order valence-corrected chi connectivity index (χ0v) is 12.8. The van der Waals surface area contributed by atoms with Crippen LogP contribution in [0.25, 0.3) is 0 Å². The maximum absolute atomic E-state index is 5.52. The van der Waals surface area contributed by atoms with Crippen molar-refractivity contribution in [1.29, 1.82) is 0 Å². The second-order valence-electron chi connectivity index (χ2n) is 7.42. The van der Waals surface area contributed by atoms with E-state index in [2.05, 4.69) is 25.1 Å². The standard InChI is InChI=1S/C19H26O/c1-13-8-10-19-9-4-3-5-17(19)16(13)11-14-6-7-15(20-2)12-18(14)19/h6-7,12-13,16-17H,3-5,8-11H2,1-2H3/t13?,16-,17-,19+/m0/s1. The largest absolute Gasteiger partial charge is 0.497 e. The van der Waals surface area contributed by atoms with Crippen LogP contribution in [0.4, 0.5) is 0 Å². The number of hydrogen-bond acceptors (Lipinski definition) is 1. The minimum Gasteiger partial charge on any atom is -0.497 e. The smallest absolute Gasteiger partial charge is 0.119 e. The number of hydrogen-bond donors (Lipinski definition) is 0. The van der Waals surface area contributed by atoms with Crippen LogP contribution >= 0.6 is 0 Å². The molecule has 1 aromatic rings. The van der Waals surface area contributed by atoms with Crippen molar-refractivity contribution in [2.24, 2.45) is 17.8 Å². The molecule has 0 aliphatic heterocycles. The van der Waals surface area contributed by atoms with E-state index < -0.39 is 0 Å². The van der Waals surface area contributed by atoms with Crippen LogP contribution in [-0.2, 0) is 11.8 Å². The fraction of sp³-hybridized carbons (Fsp3) is 0.684. The second kappa shape index (κ2) is 4.51. The summed E-state index contributed by atoms with van der Waals surface area (Å²) in [5.74, 6) is 3.85. The van der Waals surface area contributed by atoms with Gasteiger partial charge in [0.25, 0.3) is 0 Å². The topological polar surface area (TPSA) is 9.23 Å². The van der Waals surface area contributed by atoms with E-state index in [-0.39, 0.29) is 0 Å². The first-order valence-corrected chi connectivity index (χ1v) is 8.42. The van der Waals surface area contributed by atoms with Crippen molar-refractivity contribution in [3.05, 3.63) is 29.3 Å². The van der Waals surface area contributed by atoms with Crippen LogP contribution in [0.15, 0.2) is 18.2 Å². The average molecular weight is 270 g/mol. The third-order valence-electron chi connectivity index (χ3n) is 6.70. The van der Waals surface area contributed by atoms with Gasteiger partial charge in [0, 0.05) is 0 Å². The summed E-state index contributed by atoms with van der Waals surface area (Å²) in [6.45, 7) is 2.50. The highest BCUT2D eigenvalue weighted by Gasteiger charge is 2.53. The molecule has 4 atom stereocenters. The summed E-state index contributed by atoms with van der Waals surface area (Å²) in [4.78, 5) is 0. The summed E-state index contributed by atoms with van der Waals surface area (Å²) in [5.41, 5.74) is 3.78. The Morgan fingerprint density at radius 3 is 2.90 bits per heavy atom. The van der Waals surface area contributed by atoms with Gasteiger partial charge < -0.3 is 4.74 Å². The Morgan fingerprint density at radius 1 is 1.15 bits per heavy atom. The van der Waals surface area contributed by atoms with Crippen LogP contribution in [0, 0.1) is 17.8 Å². The van der Waals surface area contributed by atoms with E-state index in [1.807, 2.05) is 0 Å². The molecule has 0 saturated heterocycles. The van der Waals surface area contributed by atoms with E-state index in [0.29, 0.717) is 5.41 Å². The van der Waals surface area contributed by atoms with Gasteiger partial charge in [-0.25, -0.2) is 0 Å². The molecular formula is C19H26O. The SMILES string of the molecule is COc1ccc2c(c1)[C@@]13CCCC[C@H]1[C@@H](C2)C(C)CC3. The van der Waals surface area contributed by atoms with E-state index in [0.717, 1.165) is 23.5 Å². The second-order valence-corrected chi connectivity index (χ2v) is 7.42. The quantitative estimate of drug-likeness (QED) is 0.717. The molecule has 3 aliphatic carbocycles. The Balaban J connectivity index is 1.88. The normalized spacial score (nSPS) is 38.8. The van der Waals surface area contributed by atoms with Gasteiger partial charge in [-0.2, -0.15) is 0 Å². The Labute approximate surface area is 122 Å². The summed E-state index contributed by atoms with van der Waals surface area (Å²) in [5, 5.41) is 0. The van der Waals surface area contributed by atoms with Gasteiger partial charge in [-0.15, -0.1) is 0 Å². The molecule has 20 heavy (non-hydrogen) atoms. The Morgan fingerprint density at radius 2 is 2.05 bits per heavy atom. The molecule has 1 nitrogen and oxygen atoms in total. The lowest BCUT2D eigenvalue weighted by molar-refractivity contribution is 0.0174. The molecular weight excluding hydrogens is 244 g/mol. The fourth-order valence-corrected chi connectivity index (χ4v) is 5.69. The molecule has 2 bridgehead atoms. The lowest BCUT2D eigenvalue weighted by Crippen LogP contribution is -2.51. The first-order chi connectivity index (χ1) is 9.74. The summed E-state index contributed by atoms with van der Waals surface area (Å²) < 4.78 is 5.52. The first kappa shape index (κ1) is 12.7. The van der Waals surface area contributed by atoms with Crippen LogP contribution in [0.3, 0.4) is 0 Å². The third-order valence-corrected chi connectivity index (χ3v) is 6.70. The van der Waals surface area contributed by atoms with E-state index in [1.54, 1.807) is 18.2 Å². The fourth-order valence-electron chi connectivity index (χ4n) is 5.69. The first-order valence-electron chi connectivity index (χ1n) is 8.42. The molecule has 0 radical (unpaired) electrons. The van der Waals surface area contributed by atoms with Crippen LogP contribution < -0.4 is 4.74 Å². The molecule has 0 N–H and O–H groups in total. The van der Waals surface area contributed by atoms with Gasteiger partial charge in [-0.3, -0.25) is 0 Å². The van der Waals surface area contributed by atoms with Gasteiger partial charge in [0.05, 0.1) is 7.11 Å². The lowest BCUT2D eigenvalue weighted by Gasteiger charge is -2.57. The third kappa shape index (κ3) is 1.61. The molecule has 2 fully saturated rings. The maximum Gasteiger partial charge on any atom is 0.119 e. The molecule has 0 amide bonds. The number of benzene rings is 1. The highest BCUT2D eigenvalue weighted by Crippen LogP contribution is 2.60. The number of methoxy groups -OCH3 is 1. The molecule has 1 aromatic carbocycles. The van der Waals surface area contributed by atoms with Crippen molar-refractivity contribution in [2.75, 3.05) is 7.11 Å². The number of ether oxygens (including phenoxy) is 1. The molecule has 3 aliphatic rings. The van der Waals surface area contributed by atoms with Crippen molar-refractivity contribution < 1.29 is 4.74 Å². The average Bonchev–Trinajstić information content (AvgIpc) is 2.50. The van der Waals surface area contributed by atoms with E-state index in [1.165, 1.54) is 44.9 Å². The molecule has 108 valence electrons. The summed E-state index contributed by atoms with van der Waals surface area (Å²) in [7, 11) is 1.80. The monoisotopic (exact) mass is 270 g/mol. The van der Waals surface area contributed by atoms with Crippen molar-refractivity contribution in [1.82, 2.24) is 0 Å². The Kier molecular flexibility index (Phi) is 2.87. The van der Waals surface area contributed by atoms with Gasteiger partial charge in [0.1, 0.15) is 5.75 Å². The van der Waals surface area contributed by atoms with Gasteiger partial charge in [0.15, 0.2) is 0 Å². The zero-order chi connectivity index (χ0) is 13.7. The Hall–Kier alpha value is -0.980. The summed E-state index contributed by atoms with van der Waals surface area (Å²) >= 11 is 0. The van der Waals surface area contributed by atoms with Crippen LogP contribution in [0.2, 0.25) is 0 Å². The predicted octanol–water partition coefficient (Wildman–Crippen LogP) is 4.73. The van der Waals surface area contributed by atoms with Crippen LogP contribution in [0.1, 0.15) is 56.6 Å². The number of fused-ring (bicyclic) bond motifs is 1. The summed E-state index contributed by atoms with van der Waals surface area (Å²) in [6, 6.07) is 6.89.